The minimum Gasteiger partial charge on any atom is -0.465 e. The van der Waals surface area contributed by atoms with Crippen LogP contribution in [0.4, 0.5) is 0 Å². The smallest absolute Gasteiger partial charge is 0.352 e. The second kappa shape index (κ2) is 6.17. The highest BCUT2D eigenvalue weighted by Gasteiger charge is 2.13. The molecule has 1 atom stereocenters. The zero-order valence-corrected chi connectivity index (χ0v) is 9.74. The number of rotatable bonds is 6. The number of benzene rings is 1. The Morgan fingerprint density at radius 2 is 2.00 bits per heavy atom. The number of ether oxygens (including phenoxy) is 1. The van der Waals surface area contributed by atoms with E-state index in [1.165, 1.54) is 7.11 Å². The van der Waals surface area contributed by atoms with E-state index in [-0.39, 0.29) is 6.79 Å². The maximum absolute atomic E-state index is 9.12. The predicted octanol–water partition coefficient (Wildman–Crippen LogP) is 1.83. The van der Waals surface area contributed by atoms with Gasteiger partial charge in [0.15, 0.2) is 0 Å². The summed E-state index contributed by atoms with van der Waals surface area (Å²) >= 11 is 4.52. The minimum atomic E-state index is -3.26. The molecule has 0 aromatic heterocycles. The SMILES string of the molecule is COP(O)(=S)OOCOc1ccccc1. The molecule has 0 aliphatic rings. The third kappa shape index (κ3) is 5.22. The lowest BCUT2D eigenvalue weighted by molar-refractivity contribution is -0.253. The fourth-order valence-electron chi connectivity index (χ4n) is 0.727. The molecule has 7 heteroatoms. The minimum absolute atomic E-state index is 0.174. The highest BCUT2D eigenvalue weighted by atomic mass is 32.5. The first-order valence-corrected chi connectivity index (χ1v) is 6.61. The van der Waals surface area contributed by atoms with Crippen LogP contribution in [-0.4, -0.2) is 18.8 Å². The van der Waals surface area contributed by atoms with Crippen molar-refractivity contribution in [3.8, 4) is 5.75 Å². The lowest BCUT2D eigenvalue weighted by Crippen LogP contribution is -2.03. The highest BCUT2D eigenvalue weighted by Crippen LogP contribution is 2.42. The summed E-state index contributed by atoms with van der Waals surface area (Å²) in [6.07, 6.45) is 0. The van der Waals surface area contributed by atoms with Gasteiger partial charge in [0.05, 0.1) is 0 Å². The predicted molar refractivity (Wildman–Crippen MR) is 57.6 cm³/mol. The summed E-state index contributed by atoms with van der Waals surface area (Å²) in [5.74, 6) is 0.629. The summed E-state index contributed by atoms with van der Waals surface area (Å²) in [6.45, 7) is -3.44. The molecule has 1 rings (SSSR count). The van der Waals surface area contributed by atoms with Gasteiger partial charge in [-0.3, -0.25) is 0 Å². The van der Waals surface area contributed by atoms with E-state index in [0.717, 1.165) is 0 Å². The molecule has 0 heterocycles. The van der Waals surface area contributed by atoms with Crippen molar-refractivity contribution in [1.82, 2.24) is 0 Å². The van der Waals surface area contributed by atoms with Gasteiger partial charge in [0.1, 0.15) is 5.75 Å². The molecule has 0 saturated carbocycles. The molecule has 84 valence electrons. The van der Waals surface area contributed by atoms with Crippen LogP contribution in [0.25, 0.3) is 0 Å². The van der Waals surface area contributed by atoms with E-state index < -0.39 is 6.72 Å². The van der Waals surface area contributed by atoms with Crippen molar-refractivity contribution in [2.24, 2.45) is 0 Å². The van der Waals surface area contributed by atoms with Gasteiger partial charge in [0.2, 0.25) is 6.79 Å². The number of hydrogen-bond donors (Lipinski definition) is 1. The van der Waals surface area contributed by atoms with E-state index in [4.69, 9.17) is 9.63 Å². The topological polar surface area (TPSA) is 57.2 Å². The van der Waals surface area contributed by atoms with Crippen molar-refractivity contribution in [3.63, 3.8) is 0 Å². The van der Waals surface area contributed by atoms with Crippen LogP contribution in [0.3, 0.4) is 0 Å². The maximum atomic E-state index is 9.12. The van der Waals surface area contributed by atoms with Gasteiger partial charge in [-0.1, -0.05) is 18.2 Å². The molecule has 1 aromatic rings. The molecule has 0 radical (unpaired) electrons. The van der Waals surface area contributed by atoms with Crippen molar-refractivity contribution in [2.45, 2.75) is 0 Å². The van der Waals surface area contributed by atoms with Crippen molar-refractivity contribution < 1.29 is 23.7 Å². The van der Waals surface area contributed by atoms with Crippen LogP contribution in [0.5, 0.6) is 5.75 Å². The van der Waals surface area contributed by atoms with E-state index in [9.17, 15) is 0 Å². The molecule has 15 heavy (non-hydrogen) atoms. The Morgan fingerprint density at radius 1 is 1.33 bits per heavy atom. The molecule has 0 bridgehead atoms. The highest BCUT2D eigenvalue weighted by molar-refractivity contribution is 8.07. The molecule has 5 nitrogen and oxygen atoms in total. The molecule has 1 aromatic carbocycles. The van der Waals surface area contributed by atoms with Gasteiger partial charge < -0.3 is 14.2 Å². The van der Waals surface area contributed by atoms with Crippen LogP contribution in [0.2, 0.25) is 0 Å². The van der Waals surface area contributed by atoms with Gasteiger partial charge in [-0.25, -0.2) is 0 Å². The average Bonchev–Trinajstić information content (AvgIpc) is 2.26. The van der Waals surface area contributed by atoms with Crippen LogP contribution in [0.1, 0.15) is 0 Å². The molecular weight excluding hydrogens is 239 g/mol. The van der Waals surface area contributed by atoms with E-state index in [2.05, 4.69) is 25.9 Å². The van der Waals surface area contributed by atoms with Crippen molar-refractivity contribution in [3.05, 3.63) is 30.3 Å². The Kier molecular flexibility index (Phi) is 5.17. The first-order chi connectivity index (χ1) is 7.14. The van der Waals surface area contributed by atoms with Crippen LogP contribution in [-0.2, 0) is 25.9 Å². The largest absolute Gasteiger partial charge is 0.465 e. The lowest BCUT2D eigenvalue weighted by atomic mass is 10.3. The summed E-state index contributed by atoms with van der Waals surface area (Å²) in [7, 11) is 1.24. The molecular formula is C8H11O5PS. The zero-order valence-electron chi connectivity index (χ0n) is 8.03. The van der Waals surface area contributed by atoms with Crippen molar-refractivity contribution in [1.29, 1.82) is 0 Å². The van der Waals surface area contributed by atoms with Gasteiger partial charge in [-0.2, -0.15) is 4.89 Å². The Balaban J connectivity index is 2.21. The van der Waals surface area contributed by atoms with Gasteiger partial charge in [0.25, 0.3) is 0 Å². The van der Waals surface area contributed by atoms with E-state index in [0.29, 0.717) is 5.75 Å². The standard InChI is InChI=1S/C8H11O5PS/c1-10-14(9,15)13-12-7-11-8-5-3-2-4-6-8/h2-6H,7H2,1H3,(H,9,15). The van der Waals surface area contributed by atoms with Gasteiger partial charge in [-0.05, 0) is 23.9 Å². The second-order valence-corrected chi connectivity index (χ2v) is 5.25. The normalized spacial score (nSPS) is 14.5. The third-order valence-electron chi connectivity index (χ3n) is 1.39. The summed E-state index contributed by atoms with van der Waals surface area (Å²) < 4.78 is 14.0. The summed E-state index contributed by atoms with van der Waals surface area (Å²) in [5.41, 5.74) is 0. The van der Waals surface area contributed by atoms with Crippen molar-refractivity contribution in [2.75, 3.05) is 13.9 Å². The van der Waals surface area contributed by atoms with Crippen LogP contribution in [0, 0.1) is 0 Å². The Bertz CT molecular complexity index is 331. The Labute approximate surface area is 92.7 Å². The molecule has 1 N–H and O–H groups in total. The number of para-hydroxylation sites is 1. The van der Waals surface area contributed by atoms with Crippen LogP contribution in [0.15, 0.2) is 30.3 Å². The Hall–Kier alpha value is -0.490. The fourth-order valence-corrected chi connectivity index (χ4v) is 1.09. The third-order valence-corrected chi connectivity index (χ3v) is 2.78. The molecule has 0 spiro atoms. The summed E-state index contributed by atoms with van der Waals surface area (Å²) in [4.78, 5) is 13.7. The van der Waals surface area contributed by atoms with Gasteiger partial charge in [-0.15, -0.1) is 4.67 Å². The van der Waals surface area contributed by atoms with Crippen molar-refractivity contribution >= 4 is 18.5 Å². The first-order valence-electron chi connectivity index (χ1n) is 4.01. The van der Waals surface area contributed by atoms with Crippen LogP contribution >= 0.6 is 6.72 Å². The quantitative estimate of drug-likeness (QED) is 0.273. The van der Waals surface area contributed by atoms with Gasteiger partial charge in [0, 0.05) is 7.11 Å². The molecule has 0 aliphatic carbocycles. The first kappa shape index (κ1) is 12.6. The zero-order chi connectivity index (χ0) is 11.1. The molecule has 0 aliphatic heterocycles. The van der Waals surface area contributed by atoms with Gasteiger partial charge >= 0.3 is 6.72 Å². The fraction of sp³-hybridized carbons (Fsp3) is 0.250. The molecule has 0 amide bonds. The number of hydrogen-bond acceptors (Lipinski definition) is 5. The van der Waals surface area contributed by atoms with E-state index >= 15 is 0 Å². The average molecular weight is 250 g/mol. The lowest BCUT2D eigenvalue weighted by Gasteiger charge is -2.11. The second-order valence-electron chi connectivity index (χ2n) is 2.42. The summed E-state index contributed by atoms with van der Waals surface area (Å²) in [6, 6.07) is 9.02. The summed E-state index contributed by atoms with van der Waals surface area (Å²) in [5, 5.41) is 0. The van der Waals surface area contributed by atoms with E-state index in [1.54, 1.807) is 12.1 Å². The Morgan fingerprint density at radius 3 is 2.60 bits per heavy atom. The molecule has 1 unspecified atom stereocenters. The van der Waals surface area contributed by atoms with Crippen LogP contribution < -0.4 is 4.74 Å². The molecule has 0 fully saturated rings. The molecule has 0 saturated heterocycles. The monoisotopic (exact) mass is 250 g/mol. The van der Waals surface area contributed by atoms with E-state index in [1.807, 2.05) is 18.2 Å². The maximum Gasteiger partial charge on any atom is 0.352 e.